The molecule has 2 aromatic rings. The third-order valence-electron chi connectivity index (χ3n) is 3.36. The summed E-state index contributed by atoms with van der Waals surface area (Å²) in [5.74, 6) is -0.000200. The maximum absolute atomic E-state index is 11.8. The maximum atomic E-state index is 11.8. The summed E-state index contributed by atoms with van der Waals surface area (Å²) >= 11 is 0. The molecule has 0 bridgehead atoms. The second-order valence-corrected chi connectivity index (χ2v) is 4.88. The minimum Gasteiger partial charge on any atom is -0.336 e. The highest BCUT2D eigenvalue weighted by molar-refractivity contribution is 5.93. The SMILES string of the molecule is CCCc1c(C#N)cc(C(C)=O)n1Cc1ccccc1. The second-order valence-electron chi connectivity index (χ2n) is 4.88. The second kappa shape index (κ2) is 6.21. The highest BCUT2D eigenvalue weighted by Gasteiger charge is 2.17. The van der Waals surface area contributed by atoms with Gasteiger partial charge in [-0.1, -0.05) is 43.7 Å². The van der Waals surface area contributed by atoms with Crippen molar-refractivity contribution < 1.29 is 4.79 Å². The number of aromatic nitrogens is 1. The van der Waals surface area contributed by atoms with Crippen molar-refractivity contribution in [2.24, 2.45) is 0 Å². The van der Waals surface area contributed by atoms with Gasteiger partial charge in [0.2, 0.25) is 0 Å². The molecule has 3 nitrogen and oxygen atoms in total. The molecule has 0 atom stereocenters. The predicted octanol–water partition coefficient (Wildman–Crippen LogP) is 3.56. The van der Waals surface area contributed by atoms with Gasteiger partial charge in [-0.2, -0.15) is 5.26 Å². The Hall–Kier alpha value is -2.34. The Bertz CT molecular complexity index is 648. The zero-order valence-electron chi connectivity index (χ0n) is 11.9. The lowest BCUT2D eigenvalue weighted by Gasteiger charge is -2.12. The molecule has 0 radical (unpaired) electrons. The molecule has 0 saturated carbocycles. The Labute approximate surface area is 119 Å². The zero-order chi connectivity index (χ0) is 14.5. The normalized spacial score (nSPS) is 10.2. The van der Waals surface area contributed by atoms with E-state index in [1.807, 2.05) is 34.9 Å². The van der Waals surface area contributed by atoms with Gasteiger partial charge in [0.25, 0.3) is 0 Å². The number of Topliss-reactive ketones (excluding diaryl/α,β-unsaturated/α-hetero) is 1. The van der Waals surface area contributed by atoms with Crippen molar-refractivity contribution in [3.8, 4) is 6.07 Å². The first-order valence-corrected chi connectivity index (χ1v) is 6.84. The fraction of sp³-hybridized carbons (Fsp3) is 0.294. The molecule has 3 heteroatoms. The topological polar surface area (TPSA) is 45.8 Å². The van der Waals surface area contributed by atoms with E-state index < -0.39 is 0 Å². The van der Waals surface area contributed by atoms with Crippen LogP contribution < -0.4 is 0 Å². The van der Waals surface area contributed by atoms with Crippen LogP contribution >= 0.6 is 0 Å². The number of hydrogen-bond acceptors (Lipinski definition) is 2. The number of ketones is 1. The van der Waals surface area contributed by atoms with Crippen molar-refractivity contribution in [3.63, 3.8) is 0 Å². The predicted molar refractivity (Wildman–Crippen MR) is 78.7 cm³/mol. The third kappa shape index (κ3) is 2.80. The van der Waals surface area contributed by atoms with Crippen molar-refractivity contribution in [1.82, 2.24) is 4.57 Å². The molecule has 0 aliphatic rings. The standard InChI is InChI=1S/C17H18N2O/c1-3-7-16-15(11-18)10-17(13(2)20)19(16)12-14-8-5-4-6-9-14/h4-6,8-10H,3,7,12H2,1-2H3. The number of carbonyl (C=O) groups is 1. The summed E-state index contributed by atoms with van der Waals surface area (Å²) in [5.41, 5.74) is 3.33. The van der Waals surface area contributed by atoms with Crippen LogP contribution in [0.3, 0.4) is 0 Å². The van der Waals surface area contributed by atoms with Crippen molar-refractivity contribution in [2.45, 2.75) is 33.2 Å². The quantitative estimate of drug-likeness (QED) is 0.777. The minimum absolute atomic E-state index is 0.000200. The molecule has 0 fully saturated rings. The molecule has 1 aromatic carbocycles. The summed E-state index contributed by atoms with van der Waals surface area (Å²) in [5, 5.41) is 9.26. The Morgan fingerprint density at radius 2 is 2.00 bits per heavy atom. The number of nitrogens with zero attached hydrogens (tertiary/aromatic N) is 2. The first-order valence-electron chi connectivity index (χ1n) is 6.84. The van der Waals surface area contributed by atoms with E-state index in [4.69, 9.17) is 0 Å². The van der Waals surface area contributed by atoms with E-state index in [1.165, 1.54) is 0 Å². The highest BCUT2D eigenvalue weighted by atomic mass is 16.1. The van der Waals surface area contributed by atoms with Crippen LogP contribution in [0.4, 0.5) is 0 Å². The van der Waals surface area contributed by atoms with E-state index >= 15 is 0 Å². The van der Waals surface area contributed by atoms with Crippen molar-refractivity contribution in [3.05, 3.63) is 58.9 Å². The van der Waals surface area contributed by atoms with E-state index in [-0.39, 0.29) is 5.78 Å². The molecule has 2 rings (SSSR count). The van der Waals surface area contributed by atoms with Gasteiger partial charge in [0.05, 0.1) is 11.3 Å². The van der Waals surface area contributed by atoms with Crippen LogP contribution in [0.5, 0.6) is 0 Å². The number of nitriles is 1. The molecule has 20 heavy (non-hydrogen) atoms. The molecule has 0 aliphatic carbocycles. The lowest BCUT2D eigenvalue weighted by atomic mass is 10.1. The van der Waals surface area contributed by atoms with Crippen LogP contribution in [-0.4, -0.2) is 10.4 Å². The number of carbonyl (C=O) groups excluding carboxylic acids is 1. The molecular formula is C17H18N2O. The molecule has 0 spiro atoms. The number of hydrogen-bond donors (Lipinski definition) is 0. The monoisotopic (exact) mass is 266 g/mol. The molecule has 0 N–H and O–H groups in total. The summed E-state index contributed by atoms with van der Waals surface area (Å²) in [6, 6.07) is 13.9. The van der Waals surface area contributed by atoms with Gasteiger partial charge in [0, 0.05) is 19.2 Å². The molecule has 1 aromatic heterocycles. The van der Waals surface area contributed by atoms with Crippen LogP contribution in [0.25, 0.3) is 0 Å². The molecule has 0 aliphatic heterocycles. The number of rotatable bonds is 5. The minimum atomic E-state index is -0.000200. The molecule has 1 heterocycles. The third-order valence-corrected chi connectivity index (χ3v) is 3.36. The Morgan fingerprint density at radius 3 is 2.55 bits per heavy atom. The fourth-order valence-electron chi connectivity index (χ4n) is 2.43. The highest BCUT2D eigenvalue weighted by Crippen LogP contribution is 2.20. The van der Waals surface area contributed by atoms with Gasteiger partial charge in [0.15, 0.2) is 5.78 Å². The maximum Gasteiger partial charge on any atom is 0.176 e. The molecule has 0 amide bonds. The summed E-state index contributed by atoms with van der Waals surface area (Å²) in [6.07, 6.45) is 1.76. The summed E-state index contributed by atoms with van der Waals surface area (Å²) in [7, 11) is 0. The molecule has 0 saturated heterocycles. The van der Waals surface area contributed by atoms with Crippen molar-refractivity contribution in [2.75, 3.05) is 0 Å². The van der Waals surface area contributed by atoms with Gasteiger partial charge in [-0.3, -0.25) is 4.79 Å². The van der Waals surface area contributed by atoms with Crippen LogP contribution in [0.15, 0.2) is 36.4 Å². The zero-order valence-corrected chi connectivity index (χ0v) is 11.9. The largest absolute Gasteiger partial charge is 0.336 e. The summed E-state index contributed by atoms with van der Waals surface area (Å²) in [4.78, 5) is 11.8. The van der Waals surface area contributed by atoms with Gasteiger partial charge in [0.1, 0.15) is 6.07 Å². The smallest absolute Gasteiger partial charge is 0.176 e. The van der Waals surface area contributed by atoms with E-state index in [0.29, 0.717) is 17.8 Å². The van der Waals surface area contributed by atoms with E-state index in [0.717, 1.165) is 24.1 Å². The lowest BCUT2D eigenvalue weighted by Crippen LogP contribution is -2.11. The first kappa shape index (κ1) is 14.1. The molecule has 0 unspecified atom stereocenters. The Balaban J connectivity index is 2.50. The van der Waals surface area contributed by atoms with Crippen LogP contribution in [-0.2, 0) is 13.0 Å². The average molecular weight is 266 g/mol. The van der Waals surface area contributed by atoms with E-state index in [1.54, 1.807) is 13.0 Å². The van der Waals surface area contributed by atoms with Crippen molar-refractivity contribution >= 4 is 5.78 Å². The Kier molecular flexibility index (Phi) is 4.37. The van der Waals surface area contributed by atoms with Crippen LogP contribution in [0.1, 0.15) is 47.6 Å². The van der Waals surface area contributed by atoms with Crippen LogP contribution in [0.2, 0.25) is 0 Å². The van der Waals surface area contributed by atoms with Gasteiger partial charge in [-0.05, 0) is 18.1 Å². The van der Waals surface area contributed by atoms with Gasteiger partial charge in [-0.25, -0.2) is 0 Å². The van der Waals surface area contributed by atoms with E-state index in [2.05, 4.69) is 13.0 Å². The first-order chi connectivity index (χ1) is 9.67. The molecular weight excluding hydrogens is 248 g/mol. The fourth-order valence-corrected chi connectivity index (χ4v) is 2.43. The lowest BCUT2D eigenvalue weighted by molar-refractivity contribution is 0.100. The average Bonchev–Trinajstić information content (AvgIpc) is 2.79. The summed E-state index contributed by atoms with van der Waals surface area (Å²) < 4.78 is 1.99. The van der Waals surface area contributed by atoms with Crippen LogP contribution in [0, 0.1) is 11.3 Å². The Morgan fingerprint density at radius 1 is 1.30 bits per heavy atom. The van der Waals surface area contributed by atoms with Gasteiger partial charge >= 0.3 is 0 Å². The van der Waals surface area contributed by atoms with Crippen molar-refractivity contribution in [1.29, 1.82) is 5.26 Å². The van der Waals surface area contributed by atoms with Gasteiger partial charge < -0.3 is 4.57 Å². The molecule has 102 valence electrons. The number of benzene rings is 1. The van der Waals surface area contributed by atoms with E-state index in [9.17, 15) is 10.1 Å². The summed E-state index contributed by atoms with van der Waals surface area (Å²) in [6.45, 7) is 4.26. The van der Waals surface area contributed by atoms with Gasteiger partial charge in [-0.15, -0.1) is 0 Å².